The topological polar surface area (TPSA) is 63.7 Å². The van der Waals surface area contributed by atoms with E-state index in [1.54, 1.807) is 4.90 Å². The number of hydrogen-bond donors (Lipinski definition) is 0. The maximum atomic E-state index is 11.9. The van der Waals surface area contributed by atoms with Crippen molar-refractivity contribution in [3.8, 4) is 0 Å². The number of ether oxygens (including phenoxy) is 1. The summed E-state index contributed by atoms with van der Waals surface area (Å²) < 4.78 is 5.44. The number of amides is 1. The monoisotopic (exact) mass is 295 g/mol. The summed E-state index contributed by atoms with van der Waals surface area (Å²) >= 11 is 0. The minimum atomic E-state index is -0.522. The van der Waals surface area contributed by atoms with Crippen molar-refractivity contribution in [3.05, 3.63) is 0 Å². The molecule has 2 aliphatic rings. The quantitative estimate of drug-likeness (QED) is 0.743. The van der Waals surface area contributed by atoms with Crippen molar-refractivity contribution in [2.45, 2.75) is 47.6 Å². The number of carbonyl (C=O) groups excluding carboxylic acids is 3. The average molecular weight is 295 g/mol. The number of esters is 1. The molecule has 1 aliphatic carbocycles. The number of rotatable bonds is 3. The Labute approximate surface area is 126 Å². The molecule has 118 valence electrons. The first-order chi connectivity index (χ1) is 9.50. The predicted molar refractivity (Wildman–Crippen MR) is 77.4 cm³/mol. The third-order valence-corrected chi connectivity index (χ3v) is 4.95. The lowest BCUT2D eigenvalue weighted by Crippen LogP contribution is -2.44. The van der Waals surface area contributed by atoms with Crippen LogP contribution >= 0.6 is 0 Å². The van der Waals surface area contributed by atoms with E-state index < -0.39 is 5.41 Å². The van der Waals surface area contributed by atoms with Crippen molar-refractivity contribution in [2.75, 3.05) is 13.2 Å². The Morgan fingerprint density at radius 2 is 1.81 bits per heavy atom. The molecule has 0 aromatic carbocycles. The minimum absolute atomic E-state index is 0.0172. The molecule has 0 spiro atoms. The van der Waals surface area contributed by atoms with Crippen LogP contribution in [0.4, 0.5) is 0 Å². The summed E-state index contributed by atoms with van der Waals surface area (Å²) in [6.45, 7) is 11.5. The van der Waals surface area contributed by atoms with Gasteiger partial charge in [0.2, 0.25) is 5.91 Å². The van der Waals surface area contributed by atoms with Crippen molar-refractivity contribution in [2.24, 2.45) is 22.7 Å². The number of hydrogen-bond acceptors (Lipinski definition) is 4. The second kappa shape index (κ2) is 4.82. The van der Waals surface area contributed by atoms with Crippen LogP contribution in [-0.2, 0) is 19.1 Å². The smallest absolute Gasteiger partial charge is 0.311 e. The van der Waals surface area contributed by atoms with E-state index in [2.05, 4.69) is 0 Å². The number of Topliss-reactive ketones (excluding diaryl/α,β-unsaturated/α-hetero) is 1. The molecule has 0 bridgehead atoms. The molecular weight excluding hydrogens is 270 g/mol. The van der Waals surface area contributed by atoms with Gasteiger partial charge in [0, 0.05) is 24.8 Å². The highest BCUT2D eigenvalue weighted by atomic mass is 16.5. The number of nitrogens with zero attached hydrogens (tertiary/aromatic N) is 1. The molecule has 1 unspecified atom stereocenters. The van der Waals surface area contributed by atoms with Crippen molar-refractivity contribution in [1.82, 2.24) is 4.90 Å². The highest BCUT2D eigenvalue weighted by Crippen LogP contribution is 2.65. The van der Waals surface area contributed by atoms with Gasteiger partial charge in [0.25, 0.3) is 0 Å². The highest BCUT2D eigenvalue weighted by Gasteiger charge is 2.71. The Bertz CT molecular complexity index is 493. The Kier molecular flexibility index (Phi) is 3.67. The molecule has 2 rings (SSSR count). The van der Waals surface area contributed by atoms with E-state index in [1.165, 1.54) is 13.8 Å². The molecule has 1 saturated heterocycles. The third-order valence-electron chi connectivity index (χ3n) is 4.95. The van der Waals surface area contributed by atoms with Crippen LogP contribution < -0.4 is 0 Å². The van der Waals surface area contributed by atoms with Crippen LogP contribution in [0.15, 0.2) is 0 Å². The maximum Gasteiger partial charge on any atom is 0.311 e. The fraction of sp³-hybridized carbons (Fsp3) is 0.812. The molecule has 0 N–H and O–H groups in total. The zero-order valence-electron chi connectivity index (χ0n) is 13.7. The lowest BCUT2D eigenvalue weighted by molar-refractivity contribution is -0.155. The molecule has 1 heterocycles. The van der Waals surface area contributed by atoms with Crippen LogP contribution in [0.5, 0.6) is 0 Å². The lowest BCUT2D eigenvalue weighted by Gasteiger charge is -2.30. The summed E-state index contributed by atoms with van der Waals surface area (Å²) in [7, 11) is 0. The summed E-state index contributed by atoms with van der Waals surface area (Å²) in [6, 6.07) is -0.356. The second-order valence-corrected chi connectivity index (χ2v) is 7.69. The number of piperidine rings is 1. The first-order valence-electron chi connectivity index (χ1n) is 7.45. The molecule has 5 nitrogen and oxygen atoms in total. The Balaban J connectivity index is 2.04. The first kappa shape index (κ1) is 16.0. The fourth-order valence-corrected chi connectivity index (χ4v) is 3.56. The summed E-state index contributed by atoms with van der Waals surface area (Å²) in [4.78, 5) is 37.1. The fourth-order valence-electron chi connectivity index (χ4n) is 3.56. The molecule has 0 radical (unpaired) electrons. The van der Waals surface area contributed by atoms with E-state index in [0.717, 1.165) is 0 Å². The lowest BCUT2D eigenvalue weighted by atomic mass is 9.96. The van der Waals surface area contributed by atoms with Crippen LogP contribution in [0.2, 0.25) is 0 Å². The SMILES string of the molecule is CC(=O)[C@@H]1C2[C@H](CN1C(C)=O)[C@]2(C)COC(=O)C(C)(C)C. The maximum absolute atomic E-state index is 11.9. The van der Waals surface area contributed by atoms with Gasteiger partial charge in [-0.15, -0.1) is 0 Å². The van der Waals surface area contributed by atoms with Gasteiger partial charge in [0.15, 0.2) is 5.78 Å². The van der Waals surface area contributed by atoms with Gasteiger partial charge in [-0.3, -0.25) is 14.4 Å². The Morgan fingerprint density at radius 1 is 1.24 bits per heavy atom. The number of ketones is 1. The first-order valence-corrected chi connectivity index (χ1v) is 7.45. The van der Waals surface area contributed by atoms with Gasteiger partial charge in [-0.25, -0.2) is 0 Å². The van der Waals surface area contributed by atoms with Gasteiger partial charge in [-0.05, 0) is 33.6 Å². The molecule has 0 aromatic rings. The Morgan fingerprint density at radius 3 is 2.24 bits per heavy atom. The van der Waals surface area contributed by atoms with Crippen LogP contribution in [0.25, 0.3) is 0 Å². The highest BCUT2D eigenvalue weighted by molar-refractivity contribution is 5.88. The molecular formula is C16H25NO4. The normalized spacial score (nSPS) is 34.4. The summed E-state index contributed by atoms with van der Waals surface area (Å²) in [5.74, 6) is 0.103. The standard InChI is InChI=1S/C16H25NO4/c1-9(18)13-12-11(7-17(13)10(2)19)16(12,6)8-21-14(20)15(3,4)5/h11-13H,7-8H2,1-6H3/t11-,12?,13+,16-/m0/s1. The molecule has 5 heteroatoms. The predicted octanol–water partition coefficient (Wildman–Crippen LogP) is 1.65. The van der Waals surface area contributed by atoms with E-state index >= 15 is 0 Å². The summed E-state index contributed by atoms with van der Waals surface area (Å²) in [6.07, 6.45) is 0. The van der Waals surface area contributed by atoms with E-state index in [0.29, 0.717) is 13.2 Å². The molecule has 21 heavy (non-hydrogen) atoms. The zero-order chi connectivity index (χ0) is 16.2. The Hall–Kier alpha value is -1.39. The molecule has 1 amide bonds. The molecule has 0 aromatic heterocycles. The zero-order valence-corrected chi connectivity index (χ0v) is 13.7. The van der Waals surface area contributed by atoms with Crippen molar-refractivity contribution in [1.29, 1.82) is 0 Å². The molecule has 2 fully saturated rings. The third kappa shape index (κ3) is 2.58. The van der Waals surface area contributed by atoms with Crippen molar-refractivity contribution in [3.63, 3.8) is 0 Å². The minimum Gasteiger partial charge on any atom is -0.465 e. The van der Waals surface area contributed by atoms with E-state index in [4.69, 9.17) is 4.74 Å². The number of likely N-dealkylation sites (tertiary alicyclic amines) is 1. The van der Waals surface area contributed by atoms with Crippen LogP contribution in [0, 0.1) is 22.7 Å². The van der Waals surface area contributed by atoms with E-state index in [-0.39, 0.29) is 41.0 Å². The molecule has 1 saturated carbocycles. The van der Waals surface area contributed by atoms with E-state index in [1.807, 2.05) is 27.7 Å². The summed E-state index contributed by atoms with van der Waals surface area (Å²) in [5, 5.41) is 0. The molecule has 4 atom stereocenters. The second-order valence-electron chi connectivity index (χ2n) is 7.69. The van der Waals surface area contributed by atoms with Crippen molar-refractivity contribution >= 4 is 17.7 Å². The summed E-state index contributed by atoms with van der Waals surface area (Å²) in [5.41, 5.74) is -0.699. The number of carbonyl (C=O) groups is 3. The van der Waals surface area contributed by atoms with Crippen LogP contribution in [0.3, 0.4) is 0 Å². The van der Waals surface area contributed by atoms with Gasteiger partial charge in [0.05, 0.1) is 18.1 Å². The van der Waals surface area contributed by atoms with Crippen molar-refractivity contribution < 1.29 is 19.1 Å². The van der Waals surface area contributed by atoms with Gasteiger partial charge in [-0.1, -0.05) is 6.92 Å². The van der Waals surface area contributed by atoms with Crippen LogP contribution in [-0.4, -0.2) is 41.8 Å². The van der Waals surface area contributed by atoms with Gasteiger partial charge >= 0.3 is 5.97 Å². The van der Waals surface area contributed by atoms with Gasteiger partial charge < -0.3 is 9.64 Å². The number of fused-ring (bicyclic) bond motifs is 1. The van der Waals surface area contributed by atoms with Gasteiger partial charge in [-0.2, -0.15) is 0 Å². The average Bonchev–Trinajstić information content (AvgIpc) is 2.74. The largest absolute Gasteiger partial charge is 0.465 e. The van der Waals surface area contributed by atoms with E-state index in [9.17, 15) is 14.4 Å². The van der Waals surface area contributed by atoms with Crippen LogP contribution in [0.1, 0.15) is 41.5 Å². The van der Waals surface area contributed by atoms with Gasteiger partial charge in [0.1, 0.15) is 0 Å². The molecule has 1 aliphatic heterocycles.